The van der Waals surface area contributed by atoms with Crippen molar-refractivity contribution in [1.82, 2.24) is 5.32 Å². The lowest BCUT2D eigenvalue weighted by Crippen LogP contribution is -2.36. The molecule has 1 N–H and O–H groups in total. The number of hydrogen-bond donors (Lipinski definition) is 1. The standard InChI is InChI=1S/C11H21NO2/c1-8(2)14-11(13)6-10-4-5-12-7-9(10)3/h8-10,12H,4-7H2,1-3H3. The van der Waals surface area contributed by atoms with Crippen molar-refractivity contribution in [2.24, 2.45) is 11.8 Å². The van der Waals surface area contributed by atoms with E-state index >= 15 is 0 Å². The lowest BCUT2D eigenvalue weighted by molar-refractivity contribution is -0.149. The van der Waals surface area contributed by atoms with Gasteiger partial charge in [0.15, 0.2) is 0 Å². The van der Waals surface area contributed by atoms with Gasteiger partial charge in [-0.3, -0.25) is 4.79 Å². The fourth-order valence-electron chi connectivity index (χ4n) is 1.90. The summed E-state index contributed by atoms with van der Waals surface area (Å²) in [5.41, 5.74) is 0. The summed E-state index contributed by atoms with van der Waals surface area (Å²) >= 11 is 0. The molecule has 1 aliphatic heterocycles. The molecule has 1 aliphatic rings. The van der Waals surface area contributed by atoms with Gasteiger partial charge in [0.1, 0.15) is 0 Å². The van der Waals surface area contributed by atoms with E-state index < -0.39 is 0 Å². The Morgan fingerprint density at radius 1 is 1.57 bits per heavy atom. The first-order valence-corrected chi connectivity index (χ1v) is 5.49. The molecule has 1 heterocycles. The molecule has 0 saturated carbocycles. The Kier molecular flexibility index (Phi) is 4.39. The van der Waals surface area contributed by atoms with E-state index in [9.17, 15) is 4.79 Å². The van der Waals surface area contributed by atoms with Crippen LogP contribution in [-0.2, 0) is 9.53 Å². The van der Waals surface area contributed by atoms with Crippen molar-refractivity contribution in [3.63, 3.8) is 0 Å². The van der Waals surface area contributed by atoms with Gasteiger partial charge in [-0.2, -0.15) is 0 Å². The van der Waals surface area contributed by atoms with E-state index in [1.54, 1.807) is 0 Å². The predicted molar refractivity (Wildman–Crippen MR) is 56.0 cm³/mol. The van der Waals surface area contributed by atoms with Gasteiger partial charge in [0, 0.05) is 6.42 Å². The average molecular weight is 199 g/mol. The summed E-state index contributed by atoms with van der Waals surface area (Å²) in [6.45, 7) is 8.04. The third kappa shape index (κ3) is 3.66. The lowest BCUT2D eigenvalue weighted by Gasteiger charge is -2.28. The molecular weight excluding hydrogens is 178 g/mol. The van der Waals surface area contributed by atoms with Crippen LogP contribution in [0.25, 0.3) is 0 Å². The Hall–Kier alpha value is -0.570. The smallest absolute Gasteiger partial charge is 0.306 e. The van der Waals surface area contributed by atoms with Crippen LogP contribution in [-0.4, -0.2) is 25.2 Å². The molecule has 3 heteroatoms. The highest BCUT2D eigenvalue weighted by Crippen LogP contribution is 2.22. The highest BCUT2D eigenvalue weighted by atomic mass is 16.5. The average Bonchev–Trinajstić information content (AvgIpc) is 2.07. The normalized spacial score (nSPS) is 27.7. The highest BCUT2D eigenvalue weighted by molar-refractivity contribution is 5.69. The molecule has 0 aromatic carbocycles. The van der Waals surface area contributed by atoms with Crippen LogP contribution in [0.2, 0.25) is 0 Å². The molecule has 0 radical (unpaired) electrons. The van der Waals surface area contributed by atoms with Crippen molar-refractivity contribution in [3.05, 3.63) is 0 Å². The topological polar surface area (TPSA) is 38.3 Å². The molecule has 2 unspecified atom stereocenters. The Morgan fingerprint density at radius 3 is 2.86 bits per heavy atom. The van der Waals surface area contributed by atoms with Gasteiger partial charge in [-0.25, -0.2) is 0 Å². The minimum atomic E-state index is -0.0428. The van der Waals surface area contributed by atoms with Crippen molar-refractivity contribution in [1.29, 1.82) is 0 Å². The molecule has 2 atom stereocenters. The maximum absolute atomic E-state index is 11.4. The van der Waals surface area contributed by atoms with Gasteiger partial charge >= 0.3 is 5.97 Å². The second-order valence-electron chi connectivity index (χ2n) is 4.47. The van der Waals surface area contributed by atoms with Crippen LogP contribution in [0, 0.1) is 11.8 Å². The van der Waals surface area contributed by atoms with Crippen LogP contribution in [0.4, 0.5) is 0 Å². The van der Waals surface area contributed by atoms with Gasteiger partial charge in [0.2, 0.25) is 0 Å². The fraction of sp³-hybridized carbons (Fsp3) is 0.909. The molecule has 0 spiro atoms. The molecule has 82 valence electrons. The highest BCUT2D eigenvalue weighted by Gasteiger charge is 2.24. The zero-order chi connectivity index (χ0) is 10.6. The number of carbonyl (C=O) groups is 1. The molecule has 1 rings (SSSR count). The molecular formula is C11H21NO2. The number of nitrogens with one attached hydrogen (secondary N) is 1. The van der Waals surface area contributed by atoms with Crippen molar-refractivity contribution in [3.8, 4) is 0 Å². The minimum absolute atomic E-state index is 0.0134. The van der Waals surface area contributed by atoms with Crippen LogP contribution in [0.1, 0.15) is 33.6 Å². The SMILES string of the molecule is CC(C)OC(=O)CC1CCNCC1C. The minimum Gasteiger partial charge on any atom is -0.463 e. The second-order valence-corrected chi connectivity index (χ2v) is 4.47. The van der Waals surface area contributed by atoms with Crippen molar-refractivity contribution >= 4 is 5.97 Å². The van der Waals surface area contributed by atoms with Crippen LogP contribution in [0.5, 0.6) is 0 Å². The van der Waals surface area contributed by atoms with Gasteiger partial charge in [0.05, 0.1) is 6.10 Å². The Morgan fingerprint density at radius 2 is 2.29 bits per heavy atom. The molecule has 1 fully saturated rings. The van der Waals surface area contributed by atoms with Gasteiger partial charge < -0.3 is 10.1 Å². The summed E-state index contributed by atoms with van der Waals surface area (Å²) < 4.78 is 5.14. The van der Waals surface area contributed by atoms with E-state index in [0.29, 0.717) is 18.3 Å². The van der Waals surface area contributed by atoms with Crippen molar-refractivity contribution in [2.45, 2.75) is 39.7 Å². The van der Waals surface area contributed by atoms with Crippen LogP contribution in [0.15, 0.2) is 0 Å². The molecule has 3 nitrogen and oxygen atoms in total. The zero-order valence-electron chi connectivity index (χ0n) is 9.38. The zero-order valence-corrected chi connectivity index (χ0v) is 9.38. The number of piperidine rings is 1. The van der Waals surface area contributed by atoms with E-state index in [0.717, 1.165) is 19.5 Å². The number of hydrogen-bond acceptors (Lipinski definition) is 3. The lowest BCUT2D eigenvalue weighted by atomic mass is 9.85. The molecule has 14 heavy (non-hydrogen) atoms. The number of carbonyl (C=O) groups excluding carboxylic acids is 1. The van der Waals surface area contributed by atoms with Crippen LogP contribution < -0.4 is 5.32 Å². The Bertz CT molecular complexity index is 192. The van der Waals surface area contributed by atoms with E-state index in [2.05, 4.69) is 12.2 Å². The molecule has 1 saturated heterocycles. The molecule has 0 amide bonds. The van der Waals surface area contributed by atoms with E-state index in [4.69, 9.17) is 4.74 Å². The van der Waals surface area contributed by atoms with Crippen LogP contribution in [0.3, 0.4) is 0 Å². The quantitative estimate of drug-likeness (QED) is 0.701. The maximum atomic E-state index is 11.4. The first-order valence-electron chi connectivity index (χ1n) is 5.49. The van der Waals surface area contributed by atoms with Gasteiger partial charge in [-0.05, 0) is 45.2 Å². The summed E-state index contributed by atoms with van der Waals surface area (Å²) in [7, 11) is 0. The Labute approximate surface area is 86.2 Å². The van der Waals surface area contributed by atoms with Crippen molar-refractivity contribution < 1.29 is 9.53 Å². The van der Waals surface area contributed by atoms with Crippen molar-refractivity contribution in [2.75, 3.05) is 13.1 Å². The van der Waals surface area contributed by atoms with E-state index in [-0.39, 0.29) is 12.1 Å². The summed E-state index contributed by atoms with van der Waals surface area (Å²) in [6.07, 6.45) is 1.69. The number of esters is 1. The molecule has 0 aliphatic carbocycles. The summed E-state index contributed by atoms with van der Waals surface area (Å²) in [6, 6.07) is 0. The first-order chi connectivity index (χ1) is 6.59. The number of rotatable bonds is 3. The van der Waals surface area contributed by atoms with Gasteiger partial charge in [0.25, 0.3) is 0 Å². The van der Waals surface area contributed by atoms with Gasteiger partial charge in [-0.15, -0.1) is 0 Å². The summed E-state index contributed by atoms with van der Waals surface area (Å²) in [4.78, 5) is 11.4. The summed E-state index contributed by atoms with van der Waals surface area (Å²) in [5, 5.41) is 3.33. The summed E-state index contributed by atoms with van der Waals surface area (Å²) in [5.74, 6) is 1.05. The molecule has 0 bridgehead atoms. The molecule has 0 aromatic rings. The third-order valence-electron chi connectivity index (χ3n) is 2.76. The molecule has 0 aromatic heterocycles. The fourth-order valence-corrected chi connectivity index (χ4v) is 1.90. The maximum Gasteiger partial charge on any atom is 0.306 e. The first kappa shape index (κ1) is 11.5. The van der Waals surface area contributed by atoms with E-state index in [1.165, 1.54) is 0 Å². The predicted octanol–water partition coefficient (Wildman–Crippen LogP) is 1.57. The van der Waals surface area contributed by atoms with Crippen LogP contribution >= 0.6 is 0 Å². The third-order valence-corrected chi connectivity index (χ3v) is 2.76. The van der Waals surface area contributed by atoms with E-state index in [1.807, 2.05) is 13.8 Å². The largest absolute Gasteiger partial charge is 0.463 e. The second kappa shape index (κ2) is 5.35. The monoisotopic (exact) mass is 199 g/mol. The Balaban J connectivity index is 2.31. The number of ether oxygens (including phenoxy) is 1. The van der Waals surface area contributed by atoms with Gasteiger partial charge in [-0.1, -0.05) is 6.92 Å².